The lowest BCUT2D eigenvalue weighted by Crippen LogP contribution is -2.03. The highest BCUT2D eigenvalue weighted by Crippen LogP contribution is 2.38. The van der Waals surface area contributed by atoms with Gasteiger partial charge < -0.3 is 9.47 Å². The molecule has 0 heterocycles. The van der Waals surface area contributed by atoms with Crippen LogP contribution in [0.15, 0.2) is 12.1 Å². The number of ether oxygens (including phenoxy) is 2. The molecule has 17 heavy (non-hydrogen) atoms. The maximum atomic E-state index is 11.3. The van der Waals surface area contributed by atoms with Crippen molar-refractivity contribution >= 4 is 17.4 Å². The minimum atomic E-state index is -0.0363. The van der Waals surface area contributed by atoms with Crippen LogP contribution in [-0.4, -0.2) is 19.5 Å². The van der Waals surface area contributed by atoms with Crippen LogP contribution < -0.4 is 9.47 Å². The van der Waals surface area contributed by atoms with Gasteiger partial charge >= 0.3 is 0 Å². The van der Waals surface area contributed by atoms with Crippen LogP contribution in [0, 0.1) is 5.92 Å². The van der Waals surface area contributed by atoms with E-state index in [1.165, 1.54) is 19.8 Å². The first kappa shape index (κ1) is 12.2. The van der Waals surface area contributed by atoms with E-state index >= 15 is 0 Å². The Morgan fingerprint density at radius 1 is 1.47 bits per heavy atom. The van der Waals surface area contributed by atoms with Gasteiger partial charge in [0.25, 0.3) is 0 Å². The smallest absolute Gasteiger partial charge is 0.179 e. The fraction of sp³-hybridized carbons (Fsp3) is 0.462. The molecule has 3 nitrogen and oxygen atoms in total. The van der Waals surface area contributed by atoms with E-state index in [9.17, 15) is 4.79 Å². The molecule has 2 rings (SSSR count). The number of carbonyl (C=O) groups is 1. The second kappa shape index (κ2) is 4.96. The number of ketones is 1. The number of rotatable bonds is 5. The minimum absolute atomic E-state index is 0.0363. The molecule has 1 aliphatic rings. The van der Waals surface area contributed by atoms with Crippen molar-refractivity contribution in [2.24, 2.45) is 5.92 Å². The third-order valence-electron chi connectivity index (χ3n) is 2.79. The molecule has 0 unspecified atom stereocenters. The van der Waals surface area contributed by atoms with Crippen LogP contribution in [0.4, 0.5) is 0 Å². The first-order chi connectivity index (χ1) is 8.11. The quantitative estimate of drug-likeness (QED) is 0.756. The lowest BCUT2D eigenvalue weighted by atomic mass is 10.1. The molecule has 0 saturated heterocycles. The Kier molecular flexibility index (Phi) is 3.57. The van der Waals surface area contributed by atoms with Gasteiger partial charge in [-0.3, -0.25) is 4.79 Å². The monoisotopic (exact) mass is 254 g/mol. The normalized spacial score (nSPS) is 14.5. The molecule has 1 aliphatic carbocycles. The molecule has 0 N–H and O–H groups in total. The zero-order valence-corrected chi connectivity index (χ0v) is 10.7. The average Bonchev–Trinajstić information content (AvgIpc) is 3.09. The van der Waals surface area contributed by atoms with Crippen LogP contribution in [0.3, 0.4) is 0 Å². The van der Waals surface area contributed by atoms with Crippen molar-refractivity contribution in [3.8, 4) is 11.5 Å². The molecule has 1 aromatic carbocycles. The Morgan fingerprint density at radius 2 is 2.18 bits per heavy atom. The summed E-state index contributed by atoms with van der Waals surface area (Å²) in [5.74, 6) is 1.65. The average molecular weight is 255 g/mol. The van der Waals surface area contributed by atoms with Gasteiger partial charge in [-0.05, 0) is 37.8 Å². The van der Waals surface area contributed by atoms with Crippen molar-refractivity contribution < 1.29 is 14.3 Å². The number of methoxy groups -OCH3 is 1. The highest BCUT2D eigenvalue weighted by molar-refractivity contribution is 6.32. The third kappa shape index (κ3) is 2.91. The van der Waals surface area contributed by atoms with E-state index in [1.807, 2.05) is 0 Å². The Bertz CT molecular complexity index is 439. The summed E-state index contributed by atoms with van der Waals surface area (Å²) in [4.78, 5) is 11.3. The maximum Gasteiger partial charge on any atom is 0.179 e. The lowest BCUT2D eigenvalue weighted by molar-refractivity contribution is 0.101. The van der Waals surface area contributed by atoms with Crippen molar-refractivity contribution in [2.45, 2.75) is 19.8 Å². The van der Waals surface area contributed by atoms with Crippen LogP contribution in [0.5, 0.6) is 11.5 Å². The highest BCUT2D eigenvalue weighted by atomic mass is 35.5. The predicted molar refractivity (Wildman–Crippen MR) is 66.2 cm³/mol. The summed E-state index contributed by atoms with van der Waals surface area (Å²) in [6, 6.07) is 3.29. The minimum Gasteiger partial charge on any atom is -0.491 e. The van der Waals surface area contributed by atoms with Crippen molar-refractivity contribution in [1.29, 1.82) is 0 Å². The van der Waals surface area contributed by atoms with E-state index in [0.717, 1.165) is 0 Å². The van der Waals surface area contributed by atoms with Gasteiger partial charge in [-0.1, -0.05) is 11.6 Å². The van der Waals surface area contributed by atoms with Gasteiger partial charge in [-0.2, -0.15) is 0 Å². The largest absolute Gasteiger partial charge is 0.491 e. The fourth-order valence-electron chi connectivity index (χ4n) is 1.57. The van der Waals surface area contributed by atoms with Gasteiger partial charge in [0.05, 0.1) is 18.7 Å². The van der Waals surface area contributed by atoms with E-state index in [2.05, 4.69) is 0 Å². The summed E-state index contributed by atoms with van der Waals surface area (Å²) >= 11 is 6.05. The van der Waals surface area contributed by atoms with E-state index in [0.29, 0.717) is 34.6 Å². The Morgan fingerprint density at radius 3 is 2.71 bits per heavy atom. The third-order valence-corrected chi connectivity index (χ3v) is 3.07. The number of halogens is 1. The molecule has 1 fully saturated rings. The second-order valence-corrected chi connectivity index (χ2v) is 4.71. The van der Waals surface area contributed by atoms with E-state index in [4.69, 9.17) is 21.1 Å². The molecule has 0 aromatic heterocycles. The van der Waals surface area contributed by atoms with Crippen molar-refractivity contribution in [2.75, 3.05) is 13.7 Å². The second-order valence-electron chi connectivity index (χ2n) is 4.30. The van der Waals surface area contributed by atoms with E-state index in [1.54, 1.807) is 19.2 Å². The molecule has 0 radical (unpaired) electrons. The number of benzene rings is 1. The summed E-state index contributed by atoms with van der Waals surface area (Å²) < 4.78 is 10.9. The predicted octanol–water partition coefficient (Wildman–Crippen LogP) is 3.34. The van der Waals surface area contributed by atoms with Gasteiger partial charge in [-0.25, -0.2) is 0 Å². The Balaban J connectivity index is 2.27. The zero-order valence-electron chi connectivity index (χ0n) is 9.96. The summed E-state index contributed by atoms with van der Waals surface area (Å²) in [6.07, 6.45) is 2.42. The molecule has 1 aromatic rings. The summed E-state index contributed by atoms with van der Waals surface area (Å²) in [5, 5.41) is 0.408. The number of carbonyl (C=O) groups excluding carboxylic acids is 1. The van der Waals surface area contributed by atoms with Gasteiger partial charge in [0.15, 0.2) is 17.3 Å². The first-order valence-electron chi connectivity index (χ1n) is 5.63. The SMILES string of the molecule is COc1c(Cl)cc(C(C)=O)cc1OCC1CC1. The molecular weight excluding hydrogens is 240 g/mol. The highest BCUT2D eigenvalue weighted by Gasteiger charge is 2.23. The molecule has 1 saturated carbocycles. The Hall–Kier alpha value is -1.22. The fourth-order valence-corrected chi connectivity index (χ4v) is 1.86. The van der Waals surface area contributed by atoms with Gasteiger partial charge in [0.1, 0.15) is 0 Å². The Labute approximate surface area is 106 Å². The van der Waals surface area contributed by atoms with Crippen molar-refractivity contribution in [1.82, 2.24) is 0 Å². The van der Waals surface area contributed by atoms with Crippen LogP contribution in [-0.2, 0) is 0 Å². The number of hydrogen-bond acceptors (Lipinski definition) is 3. The van der Waals surface area contributed by atoms with Crippen LogP contribution in [0.1, 0.15) is 30.1 Å². The molecule has 0 bridgehead atoms. The number of hydrogen-bond donors (Lipinski definition) is 0. The summed E-state index contributed by atoms with van der Waals surface area (Å²) in [6.45, 7) is 2.16. The first-order valence-corrected chi connectivity index (χ1v) is 6.01. The van der Waals surface area contributed by atoms with Crippen LogP contribution >= 0.6 is 11.6 Å². The van der Waals surface area contributed by atoms with E-state index in [-0.39, 0.29) is 5.78 Å². The van der Waals surface area contributed by atoms with E-state index < -0.39 is 0 Å². The molecular formula is C13H15ClO3. The lowest BCUT2D eigenvalue weighted by Gasteiger charge is -2.13. The summed E-state index contributed by atoms with van der Waals surface area (Å²) in [5.41, 5.74) is 0.543. The summed E-state index contributed by atoms with van der Waals surface area (Å²) in [7, 11) is 1.54. The maximum absolute atomic E-state index is 11.3. The van der Waals surface area contributed by atoms with Crippen molar-refractivity contribution in [3.05, 3.63) is 22.7 Å². The molecule has 0 aliphatic heterocycles. The molecule has 92 valence electrons. The molecule has 0 spiro atoms. The molecule has 0 amide bonds. The van der Waals surface area contributed by atoms with Gasteiger partial charge in [0, 0.05) is 5.56 Å². The zero-order chi connectivity index (χ0) is 12.4. The standard InChI is InChI=1S/C13H15ClO3/c1-8(15)10-5-11(14)13(16-2)12(6-10)17-7-9-3-4-9/h5-6,9H,3-4,7H2,1-2H3. The van der Waals surface area contributed by atoms with Crippen molar-refractivity contribution in [3.63, 3.8) is 0 Å². The number of Topliss-reactive ketones (excluding diaryl/α,β-unsaturated/α-hetero) is 1. The van der Waals surface area contributed by atoms with Gasteiger partial charge in [0.2, 0.25) is 0 Å². The van der Waals surface area contributed by atoms with Crippen LogP contribution in [0.25, 0.3) is 0 Å². The van der Waals surface area contributed by atoms with Crippen LogP contribution in [0.2, 0.25) is 5.02 Å². The molecule has 4 heteroatoms. The molecule has 0 atom stereocenters. The topological polar surface area (TPSA) is 35.5 Å². The van der Waals surface area contributed by atoms with Gasteiger partial charge in [-0.15, -0.1) is 0 Å².